The summed E-state index contributed by atoms with van der Waals surface area (Å²) in [4.78, 5) is 43.1. The Labute approximate surface area is 168 Å². The summed E-state index contributed by atoms with van der Waals surface area (Å²) in [5.41, 5.74) is -0.261. The van der Waals surface area contributed by atoms with Gasteiger partial charge in [-0.05, 0) is 18.2 Å². The highest BCUT2D eigenvalue weighted by Gasteiger charge is 2.47. The number of anilines is 2. The van der Waals surface area contributed by atoms with Crippen LogP contribution in [0.4, 0.5) is 25.0 Å². The fourth-order valence-corrected chi connectivity index (χ4v) is 3.43. The minimum Gasteiger partial charge on any atom is -0.377 e. The van der Waals surface area contributed by atoms with Crippen molar-refractivity contribution in [2.45, 2.75) is 6.04 Å². The lowest BCUT2D eigenvalue weighted by Gasteiger charge is -2.26. The number of rotatable bonds is 3. The third kappa shape index (κ3) is 3.40. The Morgan fingerprint density at radius 1 is 1.28 bits per heavy atom. The molecule has 1 N–H and O–H groups in total. The molecule has 2 aliphatic heterocycles. The first-order valence-corrected chi connectivity index (χ1v) is 8.89. The van der Waals surface area contributed by atoms with Gasteiger partial charge in [-0.15, -0.1) is 0 Å². The van der Waals surface area contributed by atoms with Crippen molar-refractivity contribution in [3.63, 3.8) is 0 Å². The molecule has 1 atom stereocenters. The van der Waals surface area contributed by atoms with E-state index in [-0.39, 0.29) is 23.0 Å². The van der Waals surface area contributed by atoms with Crippen LogP contribution in [0.2, 0.25) is 5.02 Å². The first kappa shape index (κ1) is 19.2. The first-order chi connectivity index (χ1) is 13.9. The molecule has 4 amide bonds. The molecule has 8 nitrogen and oxygen atoms in total. The van der Waals surface area contributed by atoms with Crippen LogP contribution in [0.15, 0.2) is 30.5 Å². The molecule has 0 bridgehead atoms. The molecule has 0 radical (unpaired) electrons. The maximum atomic E-state index is 13.7. The van der Waals surface area contributed by atoms with E-state index in [0.29, 0.717) is 19.2 Å². The topological polar surface area (TPSA) is 91.8 Å². The fraction of sp³-hybridized carbons (Fsp3) is 0.222. The number of urea groups is 1. The van der Waals surface area contributed by atoms with Gasteiger partial charge in [-0.25, -0.2) is 23.5 Å². The van der Waals surface area contributed by atoms with E-state index in [1.165, 1.54) is 23.1 Å². The number of imide groups is 1. The van der Waals surface area contributed by atoms with Crippen LogP contribution in [0.1, 0.15) is 10.5 Å². The number of ether oxygens (including phenoxy) is 1. The highest BCUT2D eigenvalue weighted by Crippen LogP contribution is 2.34. The summed E-state index contributed by atoms with van der Waals surface area (Å²) >= 11 is 6.23. The average Bonchev–Trinajstić information content (AvgIpc) is 2.93. The number of nitrogens with zero attached hydrogens (tertiary/aromatic N) is 3. The van der Waals surface area contributed by atoms with Crippen molar-refractivity contribution in [2.24, 2.45) is 0 Å². The Morgan fingerprint density at radius 3 is 2.76 bits per heavy atom. The van der Waals surface area contributed by atoms with Crippen LogP contribution in [0.3, 0.4) is 0 Å². The minimum absolute atomic E-state index is 0.0257. The van der Waals surface area contributed by atoms with Crippen LogP contribution in [0.25, 0.3) is 0 Å². The highest BCUT2D eigenvalue weighted by atomic mass is 35.5. The Kier molecular flexibility index (Phi) is 4.89. The predicted octanol–water partition coefficient (Wildman–Crippen LogP) is 2.43. The van der Waals surface area contributed by atoms with Crippen LogP contribution in [-0.4, -0.2) is 53.5 Å². The third-order valence-electron chi connectivity index (χ3n) is 4.54. The molecule has 2 fully saturated rings. The first-order valence-electron chi connectivity index (χ1n) is 8.51. The standard InChI is InChI=1S/C18H13ClF2N4O4/c19-11-6-10(23-16(26)15-12(21)5-9(20)7-22-15)1-2-13(11)25-17(27)14-8-29-4-3-24(14)18(25)28/h1-2,5-7,14H,3-4,8H2,(H,23,26). The number of morpholine rings is 1. The number of halogens is 3. The molecule has 1 aromatic carbocycles. The molecule has 0 aliphatic carbocycles. The predicted molar refractivity (Wildman–Crippen MR) is 97.8 cm³/mol. The molecule has 11 heteroatoms. The van der Waals surface area contributed by atoms with E-state index in [4.69, 9.17) is 16.3 Å². The molecular formula is C18H13ClF2N4O4. The van der Waals surface area contributed by atoms with Crippen molar-refractivity contribution in [3.05, 3.63) is 52.8 Å². The Hall–Kier alpha value is -3.11. The quantitative estimate of drug-likeness (QED) is 0.767. The molecule has 3 heterocycles. The number of nitrogens with one attached hydrogen (secondary N) is 1. The van der Waals surface area contributed by atoms with Gasteiger partial charge in [-0.2, -0.15) is 0 Å². The number of benzene rings is 1. The summed E-state index contributed by atoms with van der Waals surface area (Å²) in [5, 5.41) is 2.41. The lowest BCUT2D eigenvalue weighted by Crippen LogP contribution is -2.45. The van der Waals surface area contributed by atoms with Gasteiger partial charge in [0.25, 0.3) is 11.8 Å². The number of fused-ring (bicyclic) bond motifs is 1. The summed E-state index contributed by atoms with van der Waals surface area (Å²) in [6.45, 7) is 0.757. The van der Waals surface area contributed by atoms with Gasteiger partial charge in [0.1, 0.15) is 11.9 Å². The summed E-state index contributed by atoms with van der Waals surface area (Å²) in [5.74, 6) is -3.38. The van der Waals surface area contributed by atoms with Gasteiger partial charge in [0.15, 0.2) is 11.5 Å². The zero-order chi connectivity index (χ0) is 20.7. The molecule has 1 aromatic heterocycles. The maximum Gasteiger partial charge on any atom is 0.332 e. The number of hydrogen-bond acceptors (Lipinski definition) is 5. The molecule has 29 heavy (non-hydrogen) atoms. The summed E-state index contributed by atoms with van der Waals surface area (Å²) in [7, 11) is 0. The van der Waals surface area contributed by atoms with E-state index in [0.717, 1.165) is 11.1 Å². The molecule has 1 unspecified atom stereocenters. The van der Waals surface area contributed by atoms with Gasteiger partial charge in [0, 0.05) is 18.3 Å². The molecule has 2 aromatic rings. The molecule has 2 saturated heterocycles. The second-order valence-electron chi connectivity index (χ2n) is 6.34. The van der Waals surface area contributed by atoms with E-state index < -0.39 is 41.2 Å². The number of amides is 4. The average molecular weight is 423 g/mol. The van der Waals surface area contributed by atoms with Crippen LogP contribution in [-0.2, 0) is 9.53 Å². The van der Waals surface area contributed by atoms with Crippen LogP contribution >= 0.6 is 11.6 Å². The smallest absolute Gasteiger partial charge is 0.332 e. The Balaban J connectivity index is 1.56. The monoisotopic (exact) mass is 422 g/mol. The second-order valence-corrected chi connectivity index (χ2v) is 6.75. The molecule has 4 rings (SSSR count). The molecular weight excluding hydrogens is 410 g/mol. The fourth-order valence-electron chi connectivity index (χ4n) is 3.17. The van der Waals surface area contributed by atoms with Crippen molar-refractivity contribution in [2.75, 3.05) is 30.0 Å². The lowest BCUT2D eigenvalue weighted by atomic mass is 10.2. The van der Waals surface area contributed by atoms with Crippen molar-refractivity contribution in [1.29, 1.82) is 0 Å². The second kappa shape index (κ2) is 7.37. The van der Waals surface area contributed by atoms with Crippen LogP contribution in [0.5, 0.6) is 0 Å². The van der Waals surface area contributed by atoms with E-state index in [9.17, 15) is 23.2 Å². The van der Waals surface area contributed by atoms with Crippen molar-refractivity contribution in [1.82, 2.24) is 9.88 Å². The number of pyridine rings is 1. The molecule has 150 valence electrons. The third-order valence-corrected chi connectivity index (χ3v) is 4.84. The molecule has 2 aliphatic rings. The Morgan fingerprint density at radius 2 is 2.07 bits per heavy atom. The summed E-state index contributed by atoms with van der Waals surface area (Å²) in [6.07, 6.45) is 0.719. The van der Waals surface area contributed by atoms with E-state index in [1.807, 2.05) is 0 Å². The van der Waals surface area contributed by atoms with Crippen molar-refractivity contribution in [3.8, 4) is 0 Å². The van der Waals surface area contributed by atoms with Gasteiger partial charge in [-0.3, -0.25) is 9.59 Å². The molecule has 0 saturated carbocycles. The van der Waals surface area contributed by atoms with E-state index >= 15 is 0 Å². The van der Waals surface area contributed by atoms with E-state index in [2.05, 4.69) is 10.3 Å². The van der Waals surface area contributed by atoms with Gasteiger partial charge in [0.2, 0.25) is 0 Å². The highest BCUT2D eigenvalue weighted by molar-refractivity contribution is 6.36. The largest absolute Gasteiger partial charge is 0.377 e. The zero-order valence-electron chi connectivity index (χ0n) is 14.7. The van der Waals surface area contributed by atoms with Gasteiger partial charge >= 0.3 is 6.03 Å². The van der Waals surface area contributed by atoms with Crippen molar-refractivity contribution < 1.29 is 27.9 Å². The maximum absolute atomic E-state index is 13.7. The normalized spacial score (nSPS) is 18.8. The SMILES string of the molecule is O=C(Nc1ccc(N2C(=O)C3COCCN3C2=O)c(Cl)c1)c1ncc(F)cc1F. The number of aromatic nitrogens is 1. The van der Waals surface area contributed by atoms with Gasteiger partial charge in [0.05, 0.1) is 30.1 Å². The number of carbonyl (C=O) groups excluding carboxylic acids is 3. The zero-order valence-corrected chi connectivity index (χ0v) is 15.4. The summed E-state index contributed by atoms with van der Waals surface area (Å²) < 4.78 is 31.9. The van der Waals surface area contributed by atoms with Gasteiger partial charge in [-0.1, -0.05) is 11.6 Å². The Bertz CT molecular complexity index is 1010. The van der Waals surface area contributed by atoms with Crippen LogP contribution < -0.4 is 10.2 Å². The van der Waals surface area contributed by atoms with E-state index in [1.54, 1.807) is 0 Å². The van der Waals surface area contributed by atoms with Crippen molar-refractivity contribution >= 4 is 40.8 Å². The number of hydrogen-bond donors (Lipinski definition) is 1. The van der Waals surface area contributed by atoms with Gasteiger partial charge < -0.3 is 15.0 Å². The van der Waals surface area contributed by atoms with Crippen LogP contribution in [0, 0.1) is 11.6 Å². The number of carbonyl (C=O) groups is 3. The summed E-state index contributed by atoms with van der Waals surface area (Å²) in [6, 6.07) is 3.45. The minimum atomic E-state index is -1.11. The lowest BCUT2D eigenvalue weighted by molar-refractivity contribution is -0.123. The molecule has 0 spiro atoms.